The summed E-state index contributed by atoms with van der Waals surface area (Å²) in [7, 11) is 3.73. The Morgan fingerprint density at radius 2 is 1.86 bits per heavy atom. The number of rotatable bonds is 3. The van der Waals surface area contributed by atoms with Crippen molar-refractivity contribution in [1.29, 1.82) is 0 Å². The van der Waals surface area contributed by atoms with Gasteiger partial charge in [-0.05, 0) is 30.3 Å². The zero-order chi connectivity index (χ0) is 15.4. The zero-order valence-corrected chi connectivity index (χ0v) is 12.4. The third-order valence-electron chi connectivity index (χ3n) is 2.80. The van der Waals surface area contributed by atoms with Crippen LogP contribution in [0.1, 0.15) is 5.56 Å². The van der Waals surface area contributed by atoms with Gasteiger partial charge in [-0.1, -0.05) is 17.7 Å². The molecule has 0 atom stereocenters. The van der Waals surface area contributed by atoms with E-state index >= 15 is 0 Å². The summed E-state index contributed by atoms with van der Waals surface area (Å²) in [5.74, 6) is 0.701. The van der Waals surface area contributed by atoms with E-state index in [9.17, 15) is 10.1 Å². The number of nitrogens with zero attached hydrogens (tertiary/aromatic N) is 3. The Bertz CT molecular complexity index is 682. The zero-order valence-electron chi connectivity index (χ0n) is 11.7. The molecule has 2 aromatic rings. The lowest BCUT2D eigenvalue weighted by Gasteiger charge is -2.16. The van der Waals surface area contributed by atoms with Gasteiger partial charge >= 0.3 is 0 Å². The number of nitro benzene ring substituents is 1. The molecule has 0 amide bonds. The predicted molar refractivity (Wildman–Crippen MR) is 84.4 cm³/mol. The number of halogens is 1. The molecule has 108 valence electrons. The van der Waals surface area contributed by atoms with Crippen molar-refractivity contribution in [1.82, 2.24) is 4.90 Å². The average molecular weight is 304 g/mol. The fourth-order valence-corrected chi connectivity index (χ4v) is 1.95. The third kappa shape index (κ3) is 3.79. The second-order valence-electron chi connectivity index (χ2n) is 4.61. The lowest BCUT2D eigenvalue weighted by Crippen LogP contribution is -2.22. The number of hydrogen-bond donors (Lipinski definition) is 0. The third-order valence-corrected chi connectivity index (χ3v) is 3.05. The molecule has 0 radical (unpaired) electrons. The van der Waals surface area contributed by atoms with E-state index < -0.39 is 4.92 Å². The first-order valence-corrected chi connectivity index (χ1v) is 6.61. The van der Waals surface area contributed by atoms with Crippen LogP contribution in [0.3, 0.4) is 0 Å². The van der Waals surface area contributed by atoms with E-state index in [1.165, 1.54) is 12.1 Å². The molecule has 6 heteroatoms. The average Bonchev–Trinajstić information content (AvgIpc) is 2.46. The van der Waals surface area contributed by atoms with Gasteiger partial charge in [0.15, 0.2) is 0 Å². The first kappa shape index (κ1) is 15.0. The summed E-state index contributed by atoms with van der Waals surface area (Å²) < 4.78 is 0. The highest BCUT2D eigenvalue weighted by Crippen LogP contribution is 2.21. The molecule has 0 spiro atoms. The number of amidine groups is 1. The number of hydrogen-bond acceptors (Lipinski definition) is 3. The highest BCUT2D eigenvalue weighted by atomic mass is 35.5. The molecule has 2 aromatic carbocycles. The number of aliphatic imine (C=N–C) groups is 1. The van der Waals surface area contributed by atoms with Crippen molar-refractivity contribution in [3.63, 3.8) is 0 Å². The fourth-order valence-electron chi connectivity index (χ4n) is 1.82. The van der Waals surface area contributed by atoms with E-state index in [-0.39, 0.29) is 5.69 Å². The molecule has 0 saturated carbocycles. The standard InChI is InChI=1S/C15H14ClN3O2/c1-18(2)15(11-6-8-12(16)9-7-11)17-13-4-3-5-14(10-13)19(20)21/h3-10H,1-2H3. The Kier molecular flexibility index (Phi) is 4.55. The monoisotopic (exact) mass is 303 g/mol. The fraction of sp³-hybridized carbons (Fsp3) is 0.133. The summed E-state index contributed by atoms with van der Waals surface area (Å²) in [4.78, 5) is 16.7. The van der Waals surface area contributed by atoms with E-state index in [0.717, 1.165) is 5.56 Å². The van der Waals surface area contributed by atoms with Crippen LogP contribution in [0.25, 0.3) is 0 Å². The normalized spacial score (nSPS) is 11.3. The molecule has 0 bridgehead atoms. The van der Waals surface area contributed by atoms with Gasteiger partial charge in [-0.2, -0.15) is 0 Å². The Morgan fingerprint density at radius 3 is 2.43 bits per heavy atom. The Balaban J connectivity index is 2.44. The van der Waals surface area contributed by atoms with Crippen LogP contribution >= 0.6 is 11.6 Å². The minimum atomic E-state index is -0.434. The van der Waals surface area contributed by atoms with Crippen LogP contribution in [-0.4, -0.2) is 29.8 Å². The molecular formula is C15H14ClN3O2. The molecule has 0 aliphatic carbocycles. The molecule has 0 N–H and O–H groups in total. The highest BCUT2D eigenvalue weighted by molar-refractivity contribution is 6.30. The summed E-state index contributed by atoms with van der Waals surface area (Å²) in [6.45, 7) is 0. The van der Waals surface area contributed by atoms with Crippen molar-refractivity contribution in [3.8, 4) is 0 Å². The van der Waals surface area contributed by atoms with Gasteiger partial charge in [0.25, 0.3) is 5.69 Å². The van der Waals surface area contributed by atoms with E-state index in [0.29, 0.717) is 16.5 Å². The summed E-state index contributed by atoms with van der Waals surface area (Å²) >= 11 is 5.88. The van der Waals surface area contributed by atoms with Gasteiger partial charge in [0, 0.05) is 36.8 Å². The van der Waals surface area contributed by atoms with Crippen molar-refractivity contribution in [3.05, 3.63) is 69.2 Å². The maximum absolute atomic E-state index is 10.8. The molecule has 0 saturated heterocycles. The SMILES string of the molecule is CN(C)C(=Nc1cccc([N+](=O)[O-])c1)c1ccc(Cl)cc1. The highest BCUT2D eigenvalue weighted by Gasteiger charge is 2.09. The molecule has 0 aliphatic rings. The van der Waals surface area contributed by atoms with E-state index in [2.05, 4.69) is 4.99 Å². The largest absolute Gasteiger partial charge is 0.362 e. The predicted octanol–water partition coefficient (Wildman–Crippen LogP) is 3.89. The van der Waals surface area contributed by atoms with Gasteiger partial charge in [-0.3, -0.25) is 10.1 Å². The maximum atomic E-state index is 10.8. The molecule has 0 aromatic heterocycles. The van der Waals surface area contributed by atoms with Crippen molar-refractivity contribution >= 4 is 28.8 Å². The minimum Gasteiger partial charge on any atom is -0.362 e. The molecule has 21 heavy (non-hydrogen) atoms. The molecule has 0 unspecified atom stereocenters. The topological polar surface area (TPSA) is 58.7 Å². The van der Waals surface area contributed by atoms with Crippen LogP contribution < -0.4 is 0 Å². The Morgan fingerprint density at radius 1 is 1.19 bits per heavy atom. The van der Waals surface area contributed by atoms with Crippen LogP contribution in [0.15, 0.2) is 53.5 Å². The van der Waals surface area contributed by atoms with Crippen molar-refractivity contribution in [2.24, 2.45) is 4.99 Å². The molecule has 0 aliphatic heterocycles. The maximum Gasteiger partial charge on any atom is 0.271 e. The Labute approximate surface area is 127 Å². The van der Waals surface area contributed by atoms with E-state index in [1.54, 1.807) is 24.3 Å². The van der Waals surface area contributed by atoms with Crippen molar-refractivity contribution in [2.75, 3.05) is 14.1 Å². The van der Waals surface area contributed by atoms with Crippen molar-refractivity contribution in [2.45, 2.75) is 0 Å². The second kappa shape index (κ2) is 6.37. The molecule has 0 fully saturated rings. The van der Waals surface area contributed by atoms with E-state index in [1.807, 2.05) is 31.1 Å². The van der Waals surface area contributed by atoms with Gasteiger partial charge in [0.2, 0.25) is 0 Å². The molecule has 5 nitrogen and oxygen atoms in total. The second-order valence-corrected chi connectivity index (χ2v) is 5.05. The quantitative estimate of drug-likeness (QED) is 0.374. The Hall–Kier alpha value is -2.40. The van der Waals surface area contributed by atoms with Gasteiger partial charge in [0.05, 0.1) is 10.6 Å². The van der Waals surface area contributed by atoms with Crippen LogP contribution in [0.4, 0.5) is 11.4 Å². The smallest absolute Gasteiger partial charge is 0.271 e. The van der Waals surface area contributed by atoms with E-state index in [4.69, 9.17) is 11.6 Å². The number of benzene rings is 2. The van der Waals surface area contributed by atoms with Crippen LogP contribution in [-0.2, 0) is 0 Å². The first-order valence-electron chi connectivity index (χ1n) is 6.24. The van der Waals surface area contributed by atoms with Crippen LogP contribution in [0, 0.1) is 10.1 Å². The molecule has 0 heterocycles. The number of non-ortho nitro benzene ring substituents is 1. The van der Waals surface area contributed by atoms with Crippen LogP contribution in [0.2, 0.25) is 5.02 Å². The van der Waals surface area contributed by atoms with Gasteiger partial charge in [-0.15, -0.1) is 0 Å². The van der Waals surface area contributed by atoms with Crippen LogP contribution in [0.5, 0.6) is 0 Å². The van der Waals surface area contributed by atoms with Gasteiger partial charge < -0.3 is 4.90 Å². The molecule has 2 rings (SSSR count). The van der Waals surface area contributed by atoms with Gasteiger partial charge in [-0.25, -0.2) is 4.99 Å². The summed E-state index contributed by atoms with van der Waals surface area (Å²) in [6, 6.07) is 13.5. The lowest BCUT2D eigenvalue weighted by atomic mass is 10.2. The van der Waals surface area contributed by atoms with Crippen molar-refractivity contribution < 1.29 is 4.92 Å². The number of nitro groups is 1. The first-order chi connectivity index (χ1) is 9.97. The van der Waals surface area contributed by atoms with Gasteiger partial charge in [0.1, 0.15) is 5.84 Å². The summed E-state index contributed by atoms with van der Waals surface area (Å²) in [5.41, 5.74) is 1.43. The lowest BCUT2D eigenvalue weighted by molar-refractivity contribution is -0.384. The summed E-state index contributed by atoms with van der Waals surface area (Å²) in [6.07, 6.45) is 0. The summed E-state index contributed by atoms with van der Waals surface area (Å²) in [5, 5.41) is 11.5. The molecular weight excluding hydrogens is 290 g/mol. The minimum absolute atomic E-state index is 0.0189.